The van der Waals surface area contributed by atoms with Crippen LogP contribution in [0.2, 0.25) is 0 Å². The smallest absolute Gasteiger partial charge is 0.399 e. The second-order valence-electron chi connectivity index (χ2n) is 5.96. The lowest BCUT2D eigenvalue weighted by molar-refractivity contribution is 0.00578. The maximum Gasteiger partial charge on any atom is 0.496 e. The van der Waals surface area contributed by atoms with E-state index in [-0.39, 0.29) is 5.56 Å². The van der Waals surface area contributed by atoms with E-state index >= 15 is 0 Å². The van der Waals surface area contributed by atoms with Crippen molar-refractivity contribution in [3.63, 3.8) is 0 Å². The van der Waals surface area contributed by atoms with Crippen LogP contribution in [0.1, 0.15) is 27.7 Å². The number of nitrogens with zero attached hydrogens (tertiary/aromatic N) is 2. The van der Waals surface area contributed by atoms with Crippen molar-refractivity contribution >= 4 is 23.6 Å². The summed E-state index contributed by atoms with van der Waals surface area (Å²) in [7, 11) is -0.531. The number of rotatable bonds is 1. The van der Waals surface area contributed by atoms with Crippen molar-refractivity contribution < 1.29 is 9.31 Å². The first kappa shape index (κ1) is 13.3. The zero-order valence-electron chi connectivity index (χ0n) is 11.9. The van der Waals surface area contributed by atoms with Gasteiger partial charge >= 0.3 is 7.12 Å². The molecule has 104 valence electrons. The molecule has 1 fully saturated rings. The summed E-state index contributed by atoms with van der Waals surface area (Å²) in [6, 6.07) is 1.72. The molecule has 0 spiro atoms. The molecule has 2 aromatic rings. The molecular formula is C13H16BN3O3. The van der Waals surface area contributed by atoms with E-state index in [1.54, 1.807) is 12.3 Å². The van der Waals surface area contributed by atoms with Crippen molar-refractivity contribution in [2.24, 2.45) is 0 Å². The number of aromatic amines is 1. The second-order valence-corrected chi connectivity index (χ2v) is 5.96. The quantitative estimate of drug-likeness (QED) is 0.770. The summed E-state index contributed by atoms with van der Waals surface area (Å²) < 4.78 is 11.9. The molecule has 2 aromatic heterocycles. The molecule has 6 nitrogen and oxygen atoms in total. The first-order valence-electron chi connectivity index (χ1n) is 6.49. The molecule has 0 aromatic carbocycles. The lowest BCUT2D eigenvalue weighted by Gasteiger charge is -2.32. The maximum absolute atomic E-state index is 11.8. The van der Waals surface area contributed by atoms with Gasteiger partial charge in [0.05, 0.1) is 22.9 Å². The number of fused-ring (bicyclic) bond motifs is 1. The summed E-state index contributed by atoms with van der Waals surface area (Å²) in [6.45, 7) is 7.93. The molecular weight excluding hydrogens is 257 g/mol. The van der Waals surface area contributed by atoms with Gasteiger partial charge < -0.3 is 14.3 Å². The molecule has 1 aliphatic heterocycles. The van der Waals surface area contributed by atoms with Crippen LogP contribution in [-0.4, -0.2) is 33.3 Å². The normalized spacial score (nSPS) is 20.5. The van der Waals surface area contributed by atoms with Gasteiger partial charge in [-0.25, -0.2) is 9.97 Å². The highest BCUT2D eigenvalue weighted by Crippen LogP contribution is 2.36. The average Bonchev–Trinajstić information content (AvgIpc) is 2.59. The minimum Gasteiger partial charge on any atom is -0.399 e. The summed E-state index contributed by atoms with van der Waals surface area (Å²) in [5, 5.41) is 0.430. The van der Waals surface area contributed by atoms with Gasteiger partial charge in [-0.2, -0.15) is 0 Å². The van der Waals surface area contributed by atoms with Crippen LogP contribution in [0.15, 0.2) is 23.4 Å². The summed E-state index contributed by atoms with van der Waals surface area (Å²) in [6.07, 6.45) is 2.98. The van der Waals surface area contributed by atoms with Crippen LogP contribution in [0.4, 0.5) is 0 Å². The first-order chi connectivity index (χ1) is 9.30. The third-order valence-corrected chi connectivity index (χ3v) is 4.04. The van der Waals surface area contributed by atoms with Crippen molar-refractivity contribution in [2.45, 2.75) is 38.9 Å². The fraction of sp³-hybridized carbons (Fsp3) is 0.462. The molecule has 3 rings (SSSR count). The summed E-state index contributed by atoms with van der Waals surface area (Å²) in [5.41, 5.74) is 0.0617. The molecule has 0 saturated carbocycles. The summed E-state index contributed by atoms with van der Waals surface area (Å²) in [4.78, 5) is 22.5. The largest absolute Gasteiger partial charge is 0.496 e. The minimum atomic E-state index is -0.531. The Morgan fingerprint density at radius 3 is 2.45 bits per heavy atom. The van der Waals surface area contributed by atoms with Crippen LogP contribution in [0.25, 0.3) is 11.0 Å². The number of nitrogens with one attached hydrogen (secondary N) is 1. The molecule has 0 radical (unpaired) electrons. The van der Waals surface area contributed by atoms with Gasteiger partial charge in [-0.05, 0) is 33.8 Å². The highest BCUT2D eigenvalue weighted by molar-refractivity contribution is 6.62. The number of hydrogen-bond acceptors (Lipinski definition) is 5. The van der Waals surface area contributed by atoms with Crippen molar-refractivity contribution in [3.8, 4) is 0 Å². The van der Waals surface area contributed by atoms with E-state index in [2.05, 4.69) is 15.0 Å². The van der Waals surface area contributed by atoms with Crippen LogP contribution in [0.3, 0.4) is 0 Å². The van der Waals surface area contributed by atoms with E-state index in [9.17, 15) is 4.79 Å². The molecule has 1 aliphatic rings. The Hall–Kier alpha value is -1.73. The van der Waals surface area contributed by atoms with Crippen LogP contribution in [0, 0.1) is 0 Å². The van der Waals surface area contributed by atoms with E-state index in [1.165, 1.54) is 6.33 Å². The van der Waals surface area contributed by atoms with E-state index in [1.807, 2.05) is 27.7 Å². The molecule has 0 amide bonds. The van der Waals surface area contributed by atoms with Crippen molar-refractivity contribution in [3.05, 3.63) is 28.9 Å². The molecule has 1 saturated heterocycles. The zero-order chi connectivity index (χ0) is 14.5. The predicted molar refractivity (Wildman–Crippen MR) is 75.9 cm³/mol. The Balaban J connectivity index is 2.04. The van der Waals surface area contributed by atoms with Gasteiger partial charge in [0, 0.05) is 11.7 Å². The maximum atomic E-state index is 11.8. The topological polar surface area (TPSA) is 77.1 Å². The zero-order valence-corrected chi connectivity index (χ0v) is 11.9. The Morgan fingerprint density at radius 1 is 1.15 bits per heavy atom. The third-order valence-electron chi connectivity index (χ3n) is 4.04. The van der Waals surface area contributed by atoms with Crippen LogP contribution < -0.4 is 11.0 Å². The molecule has 0 bridgehead atoms. The van der Waals surface area contributed by atoms with E-state index in [0.717, 1.165) is 5.46 Å². The van der Waals surface area contributed by atoms with Gasteiger partial charge in [0.15, 0.2) is 5.65 Å². The highest BCUT2D eigenvalue weighted by atomic mass is 16.7. The second kappa shape index (κ2) is 4.13. The SMILES string of the molecule is CC1(C)OB(c2cnc3nc[nH]c(=O)c3c2)OC1(C)C. The van der Waals surface area contributed by atoms with Crippen molar-refractivity contribution in [1.29, 1.82) is 0 Å². The van der Waals surface area contributed by atoms with E-state index in [0.29, 0.717) is 11.0 Å². The monoisotopic (exact) mass is 273 g/mol. The predicted octanol–water partition coefficient (Wildman–Crippen LogP) is 0.617. The standard InChI is InChI=1S/C13H16BN3O3/c1-12(2)13(3,4)20-14(19-12)8-5-9-10(15-6-8)16-7-17-11(9)18/h5-7H,1-4H3,(H,15,16,17,18). The van der Waals surface area contributed by atoms with Gasteiger partial charge in [-0.1, -0.05) is 0 Å². The van der Waals surface area contributed by atoms with Gasteiger partial charge in [0.1, 0.15) is 0 Å². The summed E-state index contributed by atoms with van der Waals surface area (Å²) >= 11 is 0. The Kier molecular flexibility index (Phi) is 2.74. The fourth-order valence-corrected chi connectivity index (χ4v) is 2.08. The van der Waals surface area contributed by atoms with Crippen LogP contribution in [-0.2, 0) is 9.31 Å². The number of pyridine rings is 1. The fourth-order valence-electron chi connectivity index (χ4n) is 2.08. The molecule has 1 N–H and O–H groups in total. The van der Waals surface area contributed by atoms with Gasteiger partial charge in [0.2, 0.25) is 0 Å². The highest BCUT2D eigenvalue weighted by Gasteiger charge is 2.51. The molecule has 3 heterocycles. The van der Waals surface area contributed by atoms with Gasteiger partial charge in [0.25, 0.3) is 5.56 Å². The lowest BCUT2D eigenvalue weighted by atomic mass is 9.80. The van der Waals surface area contributed by atoms with E-state index in [4.69, 9.17) is 9.31 Å². The Bertz CT molecular complexity index is 710. The minimum absolute atomic E-state index is 0.221. The number of hydrogen-bond donors (Lipinski definition) is 1. The molecule has 0 unspecified atom stereocenters. The first-order valence-corrected chi connectivity index (χ1v) is 6.49. The Labute approximate surface area is 116 Å². The van der Waals surface area contributed by atoms with E-state index < -0.39 is 18.3 Å². The van der Waals surface area contributed by atoms with Crippen LogP contribution in [0.5, 0.6) is 0 Å². The molecule has 0 atom stereocenters. The summed E-state index contributed by atoms with van der Waals surface area (Å²) in [5.74, 6) is 0. The van der Waals surface area contributed by atoms with Gasteiger partial charge in [-0.15, -0.1) is 0 Å². The number of H-pyrrole nitrogens is 1. The van der Waals surface area contributed by atoms with Crippen molar-refractivity contribution in [2.75, 3.05) is 0 Å². The third kappa shape index (κ3) is 1.94. The molecule has 7 heteroatoms. The molecule has 20 heavy (non-hydrogen) atoms. The molecule has 0 aliphatic carbocycles. The number of aromatic nitrogens is 3. The van der Waals surface area contributed by atoms with Crippen molar-refractivity contribution in [1.82, 2.24) is 15.0 Å². The lowest BCUT2D eigenvalue weighted by Crippen LogP contribution is -2.41. The van der Waals surface area contributed by atoms with Gasteiger partial charge in [-0.3, -0.25) is 4.79 Å². The van der Waals surface area contributed by atoms with Crippen LogP contribution >= 0.6 is 0 Å². The average molecular weight is 273 g/mol. The Morgan fingerprint density at radius 2 is 1.80 bits per heavy atom.